The van der Waals surface area contributed by atoms with E-state index in [1.807, 2.05) is 26.0 Å². The van der Waals surface area contributed by atoms with Gasteiger partial charge in [-0.05, 0) is 38.0 Å². The lowest BCUT2D eigenvalue weighted by Crippen LogP contribution is -2.38. The number of hydrogen-bond acceptors (Lipinski definition) is 3. The van der Waals surface area contributed by atoms with Crippen LogP contribution in [0.3, 0.4) is 0 Å². The molecule has 0 radical (unpaired) electrons. The molecule has 0 spiro atoms. The second-order valence-electron chi connectivity index (χ2n) is 4.45. The van der Waals surface area contributed by atoms with E-state index in [-0.39, 0.29) is 5.91 Å². The smallest absolute Gasteiger partial charge is 0.328 e. The van der Waals surface area contributed by atoms with Crippen molar-refractivity contribution < 1.29 is 14.3 Å². The quantitative estimate of drug-likeness (QED) is 0.666. The van der Waals surface area contributed by atoms with Crippen LogP contribution in [0.2, 0.25) is 0 Å². The molecule has 4 nitrogen and oxygen atoms in total. The van der Waals surface area contributed by atoms with E-state index in [1.54, 1.807) is 13.0 Å². The summed E-state index contributed by atoms with van der Waals surface area (Å²) in [5.74, 6) is -0.786. The van der Waals surface area contributed by atoms with Crippen molar-refractivity contribution in [3.05, 3.63) is 41.0 Å². The molecule has 0 saturated heterocycles. The van der Waals surface area contributed by atoms with E-state index in [0.29, 0.717) is 0 Å². The molecule has 0 unspecified atom stereocenters. The lowest BCUT2D eigenvalue weighted by atomic mass is 10.1. The summed E-state index contributed by atoms with van der Waals surface area (Å²) in [6.07, 6.45) is 3.14. The van der Waals surface area contributed by atoms with Gasteiger partial charge in [0, 0.05) is 6.08 Å². The van der Waals surface area contributed by atoms with Crippen LogP contribution in [0.4, 0.5) is 0 Å². The molecule has 0 aliphatic carbocycles. The van der Waals surface area contributed by atoms with Crippen molar-refractivity contribution in [1.82, 2.24) is 5.32 Å². The molecular formula is C15H19NO3. The lowest BCUT2D eigenvalue weighted by molar-refractivity contribution is -0.144. The Morgan fingerprint density at radius 1 is 1.32 bits per heavy atom. The van der Waals surface area contributed by atoms with Gasteiger partial charge in [0.1, 0.15) is 6.04 Å². The van der Waals surface area contributed by atoms with Gasteiger partial charge in [-0.15, -0.1) is 0 Å². The van der Waals surface area contributed by atoms with Crippen LogP contribution in [0, 0.1) is 13.8 Å². The van der Waals surface area contributed by atoms with Gasteiger partial charge in [0.15, 0.2) is 0 Å². The van der Waals surface area contributed by atoms with Gasteiger partial charge in [0.2, 0.25) is 5.91 Å². The monoisotopic (exact) mass is 261 g/mol. The molecule has 4 heteroatoms. The largest absolute Gasteiger partial charge is 0.467 e. The first-order chi connectivity index (χ1) is 8.93. The highest BCUT2D eigenvalue weighted by atomic mass is 16.5. The van der Waals surface area contributed by atoms with Crippen LogP contribution in [0.1, 0.15) is 23.6 Å². The highest BCUT2D eigenvalue weighted by Crippen LogP contribution is 2.11. The predicted molar refractivity (Wildman–Crippen MR) is 74.6 cm³/mol. The van der Waals surface area contributed by atoms with Gasteiger partial charge in [-0.1, -0.05) is 23.8 Å². The number of ether oxygens (including phenoxy) is 1. The maximum absolute atomic E-state index is 11.6. The van der Waals surface area contributed by atoms with E-state index in [9.17, 15) is 9.59 Å². The van der Waals surface area contributed by atoms with E-state index < -0.39 is 12.0 Å². The molecule has 0 aliphatic heterocycles. The Labute approximate surface area is 113 Å². The summed E-state index contributed by atoms with van der Waals surface area (Å²) in [4.78, 5) is 22.8. The number of aryl methyl sites for hydroxylation is 2. The van der Waals surface area contributed by atoms with Crippen molar-refractivity contribution >= 4 is 18.0 Å². The van der Waals surface area contributed by atoms with Gasteiger partial charge in [-0.25, -0.2) is 4.79 Å². The summed E-state index contributed by atoms with van der Waals surface area (Å²) in [6.45, 7) is 5.58. The molecule has 1 aromatic rings. The summed E-state index contributed by atoms with van der Waals surface area (Å²) in [5.41, 5.74) is 3.26. The summed E-state index contributed by atoms with van der Waals surface area (Å²) < 4.78 is 4.53. The zero-order valence-corrected chi connectivity index (χ0v) is 11.7. The molecule has 0 aromatic heterocycles. The van der Waals surface area contributed by atoms with Crippen LogP contribution in [-0.2, 0) is 14.3 Å². The van der Waals surface area contributed by atoms with Gasteiger partial charge in [0.05, 0.1) is 7.11 Å². The van der Waals surface area contributed by atoms with Gasteiger partial charge >= 0.3 is 5.97 Å². The lowest BCUT2D eigenvalue weighted by Gasteiger charge is -2.09. The number of benzene rings is 1. The van der Waals surface area contributed by atoms with Crippen LogP contribution in [0.15, 0.2) is 24.3 Å². The normalized spacial score (nSPS) is 12.2. The third kappa shape index (κ3) is 4.58. The summed E-state index contributed by atoms with van der Waals surface area (Å²) in [6, 6.07) is 5.34. The Morgan fingerprint density at radius 3 is 2.58 bits per heavy atom. The second kappa shape index (κ2) is 6.73. The molecule has 1 N–H and O–H groups in total. The standard InChI is InChI=1S/C15H19NO3/c1-10-5-6-13(11(2)9-10)7-8-14(17)16-12(3)15(18)19-4/h5-9,12H,1-4H3,(H,16,17)/b8-7+/t12-/m0/s1. The molecule has 0 saturated carbocycles. The molecule has 0 aliphatic rings. The third-order valence-corrected chi connectivity index (χ3v) is 2.75. The van der Waals surface area contributed by atoms with Crippen LogP contribution in [-0.4, -0.2) is 25.0 Å². The minimum atomic E-state index is -0.652. The van der Waals surface area contributed by atoms with Crippen LogP contribution >= 0.6 is 0 Å². The molecule has 0 fully saturated rings. The molecule has 1 rings (SSSR count). The van der Waals surface area contributed by atoms with E-state index in [1.165, 1.54) is 18.7 Å². The fraction of sp³-hybridized carbons (Fsp3) is 0.333. The molecular weight excluding hydrogens is 242 g/mol. The number of amides is 1. The van der Waals surface area contributed by atoms with E-state index in [2.05, 4.69) is 16.1 Å². The highest BCUT2D eigenvalue weighted by Gasteiger charge is 2.13. The number of carbonyl (C=O) groups is 2. The number of methoxy groups -OCH3 is 1. The number of hydrogen-bond donors (Lipinski definition) is 1. The fourth-order valence-corrected chi connectivity index (χ4v) is 1.68. The minimum absolute atomic E-state index is 0.321. The molecule has 1 amide bonds. The number of carbonyl (C=O) groups excluding carboxylic acids is 2. The summed E-state index contributed by atoms with van der Waals surface area (Å²) >= 11 is 0. The van der Waals surface area contributed by atoms with Crippen molar-refractivity contribution in [3.63, 3.8) is 0 Å². The molecule has 102 valence electrons. The zero-order valence-electron chi connectivity index (χ0n) is 11.7. The van der Waals surface area contributed by atoms with E-state index >= 15 is 0 Å². The Hall–Kier alpha value is -2.10. The molecule has 0 heterocycles. The van der Waals surface area contributed by atoms with Gasteiger partial charge in [-0.2, -0.15) is 0 Å². The number of esters is 1. The maximum Gasteiger partial charge on any atom is 0.328 e. The average molecular weight is 261 g/mol. The van der Waals surface area contributed by atoms with Crippen molar-refractivity contribution in [2.75, 3.05) is 7.11 Å². The minimum Gasteiger partial charge on any atom is -0.467 e. The zero-order chi connectivity index (χ0) is 14.4. The first kappa shape index (κ1) is 15.0. The van der Waals surface area contributed by atoms with Crippen molar-refractivity contribution in [3.8, 4) is 0 Å². The Morgan fingerprint density at radius 2 is 2.00 bits per heavy atom. The Kier molecular flexibility index (Phi) is 5.30. The summed E-state index contributed by atoms with van der Waals surface area (Å²) in [5, 5.41) is 2.53. The maximum atomic E-state index is 11.6. The van der Waals surface area contributed by atoms with Crippen molar-refractivity contribution in [1.29, 1.82) is 0 Å². The first-order valence-corrected chi connectivity index (χ1v) is 6.07. The van der Waals surface area contributed by atoms with Crippen LogP contribution < -0.4 is 5.32 Å². The Balaban J connectivity index is 2.66. The average Bonchev–Trinajstić information content (AvgIpc) is 2.36. The topological polar surface area (TPSA) is 55.4 Å². The number of rotatable bonds is 4. The van der Waals surface area contributed by atoms with E-state index in [0.717, 1.165) is 11.1 Å². The molecule has 19 heavy (non-hydrogen) atoms. The van der Waals surface area contributed by atoms with Crippen molar-refractivity contribution in [2.45, 2.75) is 26.8 Å². The predicted octanol–water partition coefficient (Wildman–Crippen LogP) is 1.99. The molecule has 0 bridgehead atoms. The van der Waals surface area contributed by atoms with Crippen molar-refractivity contribution in [2.24, 2.45) is 0 Å². The van der Waals surface area contributed by atoms with Gasteiger partial charge < -0.3 is 10.1 Å². The van der Waals surface area contributed by atoms with E-state index in [4.69, 9.17) is 0 Å². The third-order valence-electron chi connectivity index (χ3n) is 2.75. The highest BCUT2D eigenvalue weighted by molar-refractivity contribution is 5.94. The number of nitrogens with one attached hydrogen (secondary N) is 1. The van der Waals surface area contributed by atoms with Crippen LogP contribution in [0.25, 0.3) is 6.08 Å². The molecule has 1 aromatic carbocycles. The van der Waals surface area contributed by atoms with Gasteiger partial charge in [0.25, 0.3) is 0 Å². The second-order valence-corrected chi connectivity index (χ2v) is 4.45. The Bertz CT molecular complexity index is 506. The first-order valence-electron chi connectivity index (χ1n) is 6.07. The summed E-state index contributed by atoms with van der Waals surface area (Å²) in [7, 11) is 1.29. The van der Waals surface area contributed by atoms with Gasteiger partial charge in [-0.3, -0.25) is 4.79 Å². The molecule has 1 atom stereocenters. The van der Waals surface area contributed by atoms with Crippen LogP contribution in [0.5, 0.6) is 0 Å². The fourth-order valence-electron chi connectivity index (χ4n) is 1.68. The SMILES string of the molecule is COC(=O)[C@H](C)NC(=O)/C=C/c1ccc(C)cc1C.